The van der Waals surface area contributed by atoms with Gasteiger partial charge < -0.3 is 10.6 Å². The Hall–Kier alpha value is -2.88. The molecule has 0 aliphatic carbocycles. The fourth-order valence-electron chi connectivity index (χ4n) is 2.48. The van der Waals surface area contributed by atoms with Gasteiger partial charge in [-0.1, -0.05) is 42.5 Å². The molecule has 0 amide bonds. The minimum atomic E-state index is 0.725. The number of nitrogens with one attached hydrogen (secondary N) is 2. The molecule has 116 valence electrons. The van der Waals surface area contributed by atoms with Gasteiger partial charge in [0.25, 0.3) is 0 Å². The fourth-order valence-corrected chi connectivity index (χ4v) is 2.48. The van der Waals surface area contributed by atoms with E-state index >= 15 is 0 Å². The summed E-state index contributed by atoms with van der Waals surface area (Å²) < 4.78 is 0. The van der Waals surface area contributed by atoms with E-state index in [0.29, 0.717) is 0 Å². The van der Waals surface area contributed by atoms with Crippen LogP contribution in [0.2, 0.25) is 0 Å². The second kappa shape index (κ2) is 6.48. The third kappa shape index (κ3) is 3.16. The van der Waals surface area contributed by atoms with Crippen molar-refractivity contribution in [3.8, 4) is 11.4 Å². The summed E-state index contributed by atoms with van der Waals surface area (Å²) in [5.41, 5.74) is 5.30. The molecule has 1 aromatic heterocycles. The number of benzene rings is 2. The van der Waals surface area contributed by atoms with Gasteiger partial charge in [0.05, 0.1) is 6.20 Å². The van der Waals surface area contributed by atoms with E-state index < -0.39 is 0 Å². The number of rotatable bonds is 4. The fraction of sp³-hybridized carbons (Fsp3) is 0.158. The highest BCUT2D eigenvalue weighted by Gasteiger charge is 2.10. The zero-order valence-corrected chi connectivity index (χ0v) is 13.6. The molecule has 0 saturated carbocycles. The first-order valence-electron chi connectivity index (χ1n) is 7.62. The summed E-state index contributed by atoms with van der Waals surface area (Å²) >= 11 is 0. The van der Waals surface area contributed by atoms with Crippen LogP contribution in [0, 0.1) is 13.8 Å². The molecule has 0 spiro atoms. The topological polar surface area (TPSA) is 49.8 Å². The number of aryl methyl sites for hydroxylation is 2. The first-order valence-corrected chi connectivity index (χ1v) is 7.62. The number of para-hydroxylation sites is 1. The first kappa shape index (κ1) is 15.0. The molecule has 0 unspecified atom stereocenters. The van der Waals surface area contributed by atoms with Crippen molar-refractivity contribution in [3.63, 3.8) is 0 Å². The maximum Gasteiger partial charge on any atom is 0.161 e. The smallest absolute Gasteiger partial charge is 0.161 e. The zero-order chi connectivity index (χ0) is 16.2. The number of anilines is 3. The van der Waals surface area contributed by atoms with Gasteiger partial charge in [-0.15, -0.1) is 0 Å². The lowest BCUT2D eigenvalue weighted by molar-refractivity contribution is 1.16. The molecule has 3 aromatic rings. The molecule has 0 aliphatic heterocycles. The highest BCUT2D eigenvalue weighted by atomic mass is 15.1. The van der Waals surface area contributed by atoms with E-state index in [2.05, 4.69) is 46.6 Å². The lowest BCUT2D eigenvalue weighted by Gasteiger charge is -2.14. The average molecular weight is 304 g/mol. The monoisotopic (exact) mass is 304 g/mol. The third-order valence-corrected chi connectivity index (χ3v) is 3.83. The molecule has 4 heteroatoms. The maximum atomic E-state index is 4.66. The van der Waals surface area contributed by atoms with Crippen LogP contribution in [0.25, 0.3) is 11.4 Å². The Morgan fingerprint density at radius 3 is 2.22 bits per heavy atom. The Morgan fingerprint density at radius 2 is 1.52 bits per heavy atom. The molecule has 0 saturated heterocycles. The van der Waals surface area contributed by atoms with Crippen molar-refractivity contribution in [1.82, 2.24) is 9.97 Å². The lowest BCUT2D eigenvalue weighted by Crippen LogP contribution is -2.03. The van der Waals surface area contributed by atoms with Crippen LogP contribution in [0.4, 0.5) is 17.2 Å². The third-order valence-electron chi connectivity index (χ3n) is 3.83. The summed E-state index contributed by atoms with van der Waals surface area (Å²) in [4.78, 5) is 9.19. The molecule has 2 N–H and O–H groups in total. The SMILES string of the molecule is CNc1nc(-c2ccccc2C)ncc1Nc1ccccc1C. The molecule has 4 nitrogen and oxygen atoms in total. The van der Waals surface area contributed by atoms with Crippen LogP contribution in [0.1, 0.15) is 11.1 Å². The van der Waals surface area contributed by atoms with Crippen molar-refractivity contribution < 1.29 is 0 Å². The van der Waals surface area contributed by atoms with Gasteiger partial charge in [-0.2, -0.15) is 0 Å². The highest BCUT2D eigenvalue weighted by molar-refractivity contribution is 5.74. The van der Waals surface area contributed by atoms with E-state index in [9.17, 15) is 0 Å². The minimum absolute atomic E-state index is 0.725. The van der Waals surface area contributed by atoms with Crippen LogP contribution in [0.15, 0.2) is 54.7 Å². The van der Waals surface area contributed by atoms with E-state index in [1.165, 1.54) is 5.56 Å². The van der Waals surface area contributed by atoms with E-state index in [0.717, 1.165) is 34.1 Å². The quantitative estimate of drug-likeness (QED) is 0.742. The van der Waals surface area contributed by atoms with Crippen LogP contribution >= 0.6 is 0 Å². The van der Waals surface area contributed by atoms with Crippen molar-refractivity contribution >= 4 is 17.2 Å². The van der Waals surface area contributed by atoms with E-state index in [-0.39, 0.29) is 0 Å². The lowest BCUT2D eigenvalue weighted by atomic mass is 10.1. The number of aromatic nitrogens is 2. The van der Waals surface area contributed by atoms with Gasteiger partial charge in [0.2, 0.25) is 0 Å². The Morgan fingerprint density at radius 1 is 0.826 bits per heavy atom. The van der Waals surface area contributed by atoms with Crippen LogP contribution in [-0.2, 0) is 0 Å². The van der Waals surface area contributed by atoms with Crippen LogP contribution in [-0.4, -0.2) is 17.0 Å². The molecule has 0 fully saturated rings. The molecular weight excluding hydrogens is 284 g/mol. The van der Waals surface area contributed by atoms with Gasteiger partial charge in [-0.05, 0) is 31.0 Å². The van der Waals surface area contributed by atoms with Crippen molar-refractivity contribution in [2.45, 2.75) is 13.8 Å². The van der Waals surface area contributed by atoms with Gasteiger partial charge in [0.1, 0.15) is 5.69 Å². The average Bonchev–Trinajstić information content (AvgIpc) is 2.58. The summed E-state index contributed by atoms with van der Waals surface area (Å²) in [6, 6.07) is 16.3. The predicted octanol–water partition coefficient (Wildman–Crippen LogP) is 4.55. The molecule has 23 heavy (non-hydrogen) atoms. The second-order valence-corrected chi connectivity index (χ2v) is 5.46. The van der Waals surface area contributed by atoms with Crippen molar-refractivity contribution in [2.75, 3.05) is 17.7 Å². The Kier molecular flexibility index (Phi) is 4.24. The van der Waals surface area contributed by atoms with Crippen LogP contribution in [0.3, 0.4) is 0 Å². The summed E-state index contributed by atoms with van der Waals surface area (Å²) in [5.74, 6) is 1.50. The van der Waals surface area contributed by atoms with Crippen molar-refractivity contribution in [2.24, 2.45) is 0 Å². The van der Waals surface area contributed by atoms with Gasteiger partial charge in [-0.25, -0.2) is 9.97 Å². The largest absolute Gasteiger partial charge is 0.371 e. The highest BCUT2D eigenvalue weighted by Crippen LogP contribution is 2.28. The van der Waals surface area contributed by atoms with E-state index in [4.69, 9.17) is 0 Å². The standard InChI is InChI=1S/C19H20N4/c1-13-8-4-6-10-15(13)18-21-12-17(19(20-3)23-18)22-16-11-7-5-9-14(16)2/h4-12,22H,1-3H3,(H,20,21,23). The molecule has 3 rings (SSSR count). The summed E-state index contributed by atoms with van der Waals surface area (Å²) in [7, 11) is 1.87. The Bertz CT molecular complexity index is 827. The normalized spacial score (nSPS) is 10.4. The van der Waals surface area contributed by atoms with Crippen LogP contribution < -0.4 is 10.6 Å². The maximum absolute atomic E-state index is 4.66. The van der Waals surface area contributed by atoms with E-state index in [1.807, 2.05) is 49.6 Å². The Balaban J connectivity index is 1.98. The van der Waals surface area contributed by atoms with Crippen molar-refractivity contribution in [3.05, 3.63) is 65.9 Å². The van der Waals surface area contributed by atoms with Gasteiger partial charge in [0.15, 0.2) is 11.6 Å². The first-order chi connectivity index (χ1) is 11.2. The molecule has 0 radical (unpaired) electrons. The number of nitrogens with zero attached hydrogens (tertiary/aromatic N) is 2. The van der Waals surface area contributed by atoms with Gasteiger partial charge in [-0.3, -0.25) is 0 Å². The zero-order valence-electron chi connectivity index (χ0n) is 13.6. The molecule has 0 aliphatic rings. The van der Waals surface area contributed by atoms with Gasteiger partial charge >= 0.3 is 0 Å². The number of hydrogen-bond acceptors (Lipinski definition) is 4. The van der Waals surface area contributed by atoms with E-state index in [1.54, 1.807) is 0 Å². The second-order valence-electron chi connectivity index (χ2n) is 5.46. The summed E-state index contributed by atoms with van der Waals surface area (Å²) in [6.07, 6.45) is 1.83. The summed E-state index contributed by atoms with van der Waals surface area (Å²) in [5, 5.41) is 6.55. The molecule has 1 heterocycles. The summed E-state index contributed by atoms with van der Waals surface area (Å²) in [6.45, 7) is 4.14. The Labute approximate surface area is 136 Å². The predicted molar refractivity (Wildman–Crippen MR) is 96.2 cm³/mol. The molecule has 2 aromatic carbocycles. The van der Waals surface area contributed by atoms with Crippen molar-refractivity contribution in [1.29, 1.82) is 0 Å². The number of hydrogen-bond donors (Lipinski definition) is 2. The molecule has 0 bridgehead atoms. The molecular formula is C19H20N4. The van der Waals surface area contributed by atoms with Crippen LogP contribution in [0.5, 0.6) is 0 Å². The van der Waals surface area contributed by atoms with Gasteiger partial charge in [0, 0.05) is 18.3 Å². The molecule has 0 atom stereocenters. The minimum Gasteiger partial charge on any atom is -0.371 e.